The van der Waals surface area contributed by atoms with Crippen LogP contribution < -0.4 is 10.1 Å². The highest BCUT2D eigenvalue weighted by atomic mass is 16.5. The number of amides is 4. The van der Waals surface area contributed by atoms with Crippen LogP contribution >= 0.6 is 0 Å². The number of hydrogen-bond acceptors (Lipinski definition) is 4. The zero-order valence-electron chi connectivity index (χ0n) is 12.9. The summed E-state index contributed by atoms with van der Waals surface area (Å²) in [6.07, 6.45) is -0.0116. The highest BCUT2D eigenvalue weighted by Crippen LogP contribution is 2.20. The van der Waals surface area contributed by atoms with Crippen LogP contribution in [-0.2, 0) is 9.59 Å². The van der Waals surface area contributed by atoms with Crippen LogP contribution in [0.1, 0.15) is 13.3 Å². The molecule has 2 saturated heterocycles. The van der Waals surface area contributed by atoms with Crippen LogP contribution in [-0.4, -0.2) is 59.4 Å². The number of carbonyl (C=O) groups is 3. The number of benzene rings is 1. The minimum atomic E-state index is -0.612. The Morgan fingerprint density at radius 2 is 2.04 bits per heavy atom. The Hall–Kier alpha value is -2.57. The fourth-order valence-corrected chi connectivity index (χ4v) is 2.97. The summed E-state index contributed by atoms with van der Waals surface area (Å²) >= 11 is 0. The molecule has 1 N–H and O–H groups in total. The molecule has 0 bridgehead atoms. The van der Waals surface area contributed by atoms with E-state index < -0.39 is 6.10 Å². The van der Waals surface area contributed by atoms with Crippen molar-refractivity contribution >= 4 is 17.8 Å². The Morgan fingerprint density at radius 3 is 2.70 bits per heavy atom. The van der Waals surface area contributed by atoms with E-state index in [0.717, 1.165) is 0 Å². The third-order valence-corrected chi connectivity index (χ3v) is 4.12. The van der Waals surface area contributed by atoms with Gasteiger partial charge in [-0.05, 0) is 25.5 Å². The third-order valence-electron chi connectivity index (χ3n) is 4.12. The fraction of sp³-hybridized carbons (Fsp3) is 0.438. The number of urea groups is 1. The molecule has 2 fully saturated rings. The van der Waals surface area contributed by atoms with Crippen LogP contribution in [0, 0.1) is 0 Å². The topological polar surface area (TPSA) is 79.0 Å². The summed E-state index contributed by atoms with van der Waals surface area (Å²) in [7, 11) is 0. The van der Waals surface area contributed by atoms with Crippen LogP contribution in [0.4, 0.5) is 4.79 Å². The lowest BCUT2D eigenvalue weighted by Gasteiger charge is -2.23. The molecule has 7 nitrogen and oxygen atoms in total. The number of likely N-dealkylation sites (tertiary alicyclic amines) is 1. The number of para-hydroxylation sites is 1. The Balaban J connectivity index is 1.59. The maximum Gasteiger partial charge on any atom is 0.324 e. The predicted octanol–water partition coefficient (Wildman–Crippen LogP) is 0.607. The molecule has 0 saturated carbocycles. The predicted molar refractivity (Wildman–Crippen MR) is 81.8 cm³/mol. The lowest BCUT2D eigenvalue weighted by molar-refractivity contribution is -0.137. The van der Waals surface area contributed by atoms with Crippen molar-refractivity contribution in [1.82, 2.24) is 15.1 Å². The molecule has 23 heavy (non-hydrogen) atoms. The quantitative estimate of drug-likeness (QED) is 0.825. The van der Waals surface area contributed by atoms with Gasteiger partial charge in [0.25, 0.3) is 5.91 Å². The average Bonchev–Trinajstić information content (AvgIpc) is 3.14. The first-order valence-corrected chi connectivity index (χ1v) is 7.66. The highest BCUT2D eigenvalue weighted by Gasteiger charge is 2.40. The van der Waals surface area contributed by atoms with E-state index >= 15 is 0 Å². The number of imide groups is 1. The van der Waals surface area contributed by atoms with Crippen LogP contribution in [0.5, 0.6) is 5.75 Å². The number of rotatable bonds is 4. The molecule has 0 aromatic heterocycles. The van der Waals surface area contributed by atoms with Gasteiger partial charge in [-0.25, -0.2) is 4.79 Å². The van der Waals surface area contributed by atoms with E-state index in [0.29, 0.717) is 25.3 Å². The summed E-state index contributed by atoms with van der Waals surface area (Å²) in [4.78, 5) is 38.8. The highest BCUT2D eigenvalue weighted by molar-refractivity contribution is 6.02. The maximum absolute atomic E-state index is 12.5. The van der Waals surface area contributed by atoms with Crippen molar-refractivity contribution < 1.29 is 19.1 Å². The number of nitrogens with zero attached hydrogens (tertiary/aromatic N) is 2. The van der Waals surface area contributed by atoms with Crippen molar-refractivity contribution in [2.45, 2.75) is 25.5 Å². The monoisotopic (exact) mass is 317 g/mol. The molecule has 3 rings (SSSR count). The van der Waals surface area contributed by atoms with Crippen LogP contribution in [0.3, 0.4) is 0 Å². The summed E-state index contributed by atoms with van der Waals surface area (Å²) < 4.78 is 5.64. The zero-order valence-corrected chi connectivity index (χ0v) is 12.9. The lowest BCUT2D eigenvalue weighted by Crippen LogP contribution is -2.44. The number of ether oxygens (including phenoxy) is 1. The van der Waals surface area contributed by atoms with Gasteiger partial charge in [0, 0.05) is 13.1 Å². The first-order chi connectivity index (χ1) is 11.1. The van der Waals surface area contributed by atoms with Crippen molar-refractivity contribution in [1.29, 1.82) is 0 Å². The SMILES string of the molecule is C[C@@H](Oc1ccccc1)C(=O)N1CC[C@H](N2C(=O)CNC2=O)C1. The summed E-state index contributed by atoms with van der Waals surface area (Å²) in [5.74, 6) is 0.268. The van der Waals surface area contributed by atoms with Gasteiger partial charge in [-0.15, -0.1) is 0 Å². The molecule has 0 spiro atoms. The molecule has 2 atom stereocenters. The molecular formula is C16H19N3O4. The first kappa shape index (κ1) is 15.3. The number of nitrogens with one attached hydrogen (secondary N) is 1. The van der Waals surface area contributed by atoms with Crippen molar-refractivity contribution in [3.63, 3.8) is 0 Å². The van der Waals surface area contributed by atoms with Gasteiger partial charge in [-0.2, -0.15) is 0 Å². The molecule has 2 aliphatic heterocycles. The third kappa shape index (κ3) is 3.13. The van der Waals surface area contributed by atoms with E-state index in [9.17, 15) is 14.4 Å². The molecule has 1 aromatic carbocycles. The molecule has 2 heterocycles. The fourth-order valence-electron chi connectivity index (χ4n) is 2.97. The van der Waals surface area contributed by atoms with Crippen molar-refractivity contribution in [2.24, 2.45) is 0 Å². The van der Waals surface area contributed by atoms with Gasteiger partial charge >= 0.3 is 6.03 Å². The minimum absolute atomic E-state index is 0.0385. The van der Waals surface area contributed by atoms with E-state index in [1.165, 1.54) is 4.90 Å². The van der Waals surface area contributed by atoms with Crippen LogP contribution in [0.15, 0.2) is 30.3 Å². The second kappa shape index (κ2) is 6.28. The smallest absolute Gasteiger partial charge is 0.324 e. The van der Waals surface area contributed by atoms with Crippen molar-refractivity contribution in [3.8, 4) is 5.75 Å². The molecule has 2 aliphatic rings. The molecule has 122 valence electrons. The number of carbonyl (C=O) groups excluding carboxylic acids is 3. The second-order valence-electron chi connectivity index (χ2n) is 5.72. The summed E-state index contributed by atoms with van der Waals surface area (Å²) in [6.45, 7) is 2.62. The zero-order chi connectivity index (χ0) is 16.4. The summed E-state index contributed by atoms with van der Waals surface area (Å²) in [5.41, 5.74) is 0. The Morgan fingerprint density at radius 1 is 1.30 bits per heavy atom. The second-order valence-corrected chi connectivity index (χ2v) is 5.72. The maximum atomic E-state index is 12.5. The van der Waals surface area contributed by atoms with E-state index in [1.54, 1.807) is 24.0 Å². The Labute approximate surface area is 134 Å². The van der Waals surface area contributed by atoms with Gasteiger partial charge in [0.1, 0.15) is 5.75 Å². The average molecular weight is 317 g/mol. The van der Waals surface area contributed by atoms with Crippen LogP contribution in [0.2, 0.25) is 0 Å². The van der Waals surface area contributed by atoms with E-state index in [-0.39, 0.29) is 30.4 Å². The van der Waals surface area contributed by atoms with Gasteiger partial charge in [0.2, 0.25) is 5.91 Å². The van der Waals surface area contributed by atoms with Crippen LogP contribution in [0.25, 0.3) is 0 Å². The normalized spacial score (nSPS) is 22.2. The first-order valence-electron chi connectivity index (χ1n) is 7.66. The van der Waals surface area contributed by atoms with Gasteiger partial charge in [-0.3, -0.25) is 14.5 Å². The van der Waals surface area contributed by atoms with E-state index in [4.69, 9.17) is 4.74 Å². The summed E-state index contributed by atoms with van der Waals surface area (Å²) in [5, 5.41) is 2.51. The van der Waals surface area contributed by atoms with Gasteiger partial charge in [0.05, 0.1) is 12.6 Å². The van der Waals surface area contributed by atoms with E-state index in [2.05, 4.69) is 5.32 Å². The van der Waals surface area contributed by atoms with E-state index in [1.807, 2.05) is 18.2 Å². The molecule has 1 aromatic rings. The largest absolute Gasteiger partial charge is 0.481 e. The molecule has 0 aliphatic carbocycles. The molecule has 4 amide bonds. The Bertz CT molecular complexity index is 603. The minimum Gasteiger partial charge on any atom is -0.481 e. The molecule has 0 radical (unpaired) electrons. The van der Waals surface area contributed by atoms with Gasteiger partial charge in [0.15, 0.2) is 6.10 Å². The Kier molecular flexibility index (Phi) is 4.18. The lowest BCUT2D eigenvalue weighted by atomic mass is 10.2. The molecule has 0 unspecified atom stereocenters. The van der Waals surface area contributed by atoms with Crippen molar-refractivity contribution in [2.75, 3.05) is 19.6 Å². The number of hydrogen-bond donors (Lipinski definition) is 1. The molecule has 7 heteroatoms. The standard InChI is InChI=1S/C16H19N3O4/c1-11(23-13-5-3-2-4-6-13)15(21)18-8-7-12(10-18)19-14(20)9-17-16(19)22/h2-6,11-12H,7-10H2,1H3,(H,17,22)/t11-,12+/m1/s1. The van der Waals surface area contributed by atoms with Gasteiger partial charge < -0.3 is 15.0 Å². The summed E-state index contributed by atoms with van der Waals surface area (Å²) in [6, 6.07) is 8.53. The molecular weight excluding hydrogens is 298 g/mol. The van der Waals surface area contributed by atoms with Crippen molar-refractivity contribution in [3.05, 3.63) is 30.3 Å². The van der Waals surface area contributed by atoms with Gasteiger partial charge in [-0.1, -0.05) is 18.2 Å².